The van der Waals surface area contributed by atoms with Crippen LogP contribution in [0.3, 0.4) is 0 Å². The Kier molecular flexibility index (Phi) is 4.06. The molecule has 0 radical (unpaired) electrons. The summed E-state index contributed by atoms with van der Waals surface area (Å²) >= 11 is 9.04. The van der Waals surface area contributed by atoms with Gasteiger partial charge in [0.2, 0.25) is 5.28 Å². The van der Waals surface area contributed by atoms with Crippen LogP contribution >= 0.6 is 27.5 Å². The summed E-state index contributed by atoms with van der Waals surface area (Å²) in [6.07, 6.45) is 3.29. The molecule has 0 atom stereocenters. The molecule has 0 bridgehead atoms. The lowest BCUT2D eigenvalue weighted by Gasteiger charge is -2.04. The third-order valence-electron chi connectivity index (χ3n) is 2.38. The fourth-order valence-corrected chi connectivity index (χ4v) is 1.93. The molecule has 6 nitrogen and oxygen atoms in total. The average molecular weight is 346 g/mol. The summed E-state index contributed by atoms with van der Waals surface area (Å²) in [5.74, 6) is 0.109. The van der Waals surface area contributed by atoms with Crippen molar-refractivity contribution in [2.75, 3.05) is 12.4 Å². The zero-order chi connectivity index (χ0) is 14.0. The summed E-state index contributed by atoms with van der Waals surface area (Å²) in [4.78, 5) is 19.4. The molecule has 0 spiro atoms. The molecule has 100 valence electrons. The number of methoxy groups -OCH3 is 1. The summed E-state index contributed by atoms with van der Waals surface area (Å²) in [6, 6.07) is 1.66. The van der Waals surface area contributed by atoms with Crippen LogP contribution in [0.1, 0.15) is 10.5 Å². The van der Waals surface area contributed by atoms with Gasteiger partial charge in [-0.25, -0.2) is 9.78 Å². The van der Waals surface area contributed by atoms with Crippen LogP contribution in [-0.2, 0) is 11.8 Å². The molecule has 2 aromatic rings. The molecule has 0 aliphatic rings. The molecule has 0 aromatic carbocycles. The molecule has 0 fully saturated rings. The van der Waals surface area contributed by atoms with Gasteiger partial charge in [-0.15, -0.1) is 0 Å². The Hall–Kier alpha value is -1.60. The number of hydrogen-bond donors (Lipinski definition) is 1. The monoisotopic (exact) mass is 344 g/mol. The topological polar surface area (TPSA) is 69.0 Å². The highest BCUT2D eigenvalue weighted by Gasteiger charge is 2.13. The normalized spacial score (nSPS) is 10.3. The number of carbonyl (C=O) groups excluding carboxylic acids is 1. The highest BCUT2D eigenvalue weighted by molar-refractivity contribution is 9.10. The van der Waals surface area contributed by atoms with Gasteiger partial charge in [0.1, 0.15) is 11.5 Å². The third-order valence-corrected chi connectivity index (χ3v) is 3.14. The van der Waals surface area contributed by atoms with E-state index in [-0.39, 0.29) is 5.28 Å². The van der Waals surface area contributed by atoms with Crippen LogP contribution in [-0.4, -0.2) is 27.6 Å². The molecule has 0 saturated carbocycles. The van der Waals surface area contributed by atoms with Crippen molar-refractivity contribution >= 4 is 45.0 Å². The second-order valence-electron chi connectivity index (χ2n) is 3.68. The molecule has 0 aliphatic heterocycles. The summed E-state index contributed by atoms with van der Waals surface area (Å²) in [5, 5.41) is 3.18. The van der Waals surface area contributed by atoms with E-state index in [0.717, 1.165) is 0 Å². The van der Waals surface area contributed by atoms with Crippen LogP contribution in [0, 0.1) is 0 Å². The molecule has 0 unspecified atom stereocenters. The minimum atomic E-state index is -0.407. The number of nitrogens with zero attached hydrogens (tertiary/aromatic N) is 3. The van der Waals surface area contributed by atoms with Gasteiger partial charge in [-0.1, -0.05) is 0 Å². The molecule has 0 amide bonds. The zero-order valence-corrected chi connectivity index (χ0v) is 12.5. The van der Waals surface area contributed by atoms with Crippen molar-refractivity contribution in [3.05, 3.63) is 33.9 Å². The maximum atomic E-state index is 11.5. The van der Waals surface area contributed by atoms with E-state index < -0.39 is 5.97 Å². The van der Waals surface area contributed by atoms with Crippen molar-refractivity contribution in [3.63, 3.8) is 0 Å². The summed E-state index contributed by atoms with van der Waals surface area (Å²) in [7, 11) is 3.09. The number of ether oxygens (including phenoxy) is 1. The number of aromatic nitrogens is 3. The number of hydrogen-bond acceptors (Lipinski definition) is 5. The van der Waals surface area contributed by atoms with Gasteiger partial charge in [0.25, 0.3) is 0 Å². The molecular formula is C11H10BrClN4O2. The van der Waals surface area contributed by atoms with Crippen molar-refractivity contribution < 1.29 is 9.53 Å². The molecule has 19 heavy (non-hydrogen) atoms. The van der Waals surface area contributed by atoms with Gasteiger partial charge in [-0.2, -0.15) is 4.98 Å². The van der Waals surface area contributed by atoms with E-state index in [2.05, 4.69) is 36.0 Å². The van der Waals surface area contributed by atoms with Crippen molar-refractivity contribution in [3.8, 4) is 0 Å². The largest absolute Gasteiger partial charge is 0.464 e. The zero-order valence-electron chi connectivity index (χ0n) is 10.1. The summed E-state index contributed by atoms with van der Waals surface area (Å²) < 4.78 is 7.00. The highest BCUT2D eigenvalue weighted by atomic mass is 79.9. The minimum absolute atomic E-state index is 0.134. The Morgan fingerprint density at radius 2 is 2.32 bits per heavy atom. The molecule has 8 heteroatoms. The Labute approximate surface area is 122 Å². The fourth-order valence-electron chi connectivity index (χ4n) is 1.51. The second kappa shape index (κ2) is 5.58. The first-order chi connectivity index (χ1) is 9.01. The van der Waals surface area contributed by atoms with Gasteiger partial charge in [0.15, 0.2) is 0 Å². The van der Waals surface area contributed by atoms with Crippen LogP contribution in [0.5, 0.6) is 0 Å². The predicted molar refractivity (Wildman–Crippen MR) is 74.8 cm³/mol. The Morgan fingerprint density at radius 1 is 1.58 bits per heavy atom. The lowest BCUT2D eigenvalue weighted by molar-refractivity contribution is 0.0590. The second-order valence-corrected chi connectivity index (χ2v) is 4.87. The lowest BCUT2D eigenvalue weighted by atomic mass is 10.4. The van der Waals surface area contributed by atoms with E-state index in [1.165, 1.54) is 7.11 Å². The minimum Gasteiger partial charge on any atom is -0.464 e. The molecule has 2 rings (SSSR count). The molecule has 0 aliphatic carbocycles. The Morgan fingerprint density at radius 3 is 3.00 bits per heavy atom. The van der Waals surface area contributed by atoms with E-state index in [0.29, 0.717) is 21.7 Å². The van der Waals surface area contributed by atoms with E-state index in [4.69, 9.17) is 11.6 Å². The van der Waals surface area contributed by atoms with Crippen molar-refractivity contribution in [1.29, 1.82) is 0 Å². The SMILES string of the molecule is COC(=O)c1cc(Nc2nc(Cl)ncc2Br)cn1C. The van der Waals surface area contributed by atoms with E-state index in [1.807, 2.05) is 0 Å². The first kappa shape index (κ1) is 13.8. The summed E-state index contributed by atoms with van der Waals surface area (Å²) in [5.41, 5.74) is 1.12. The van der Waals surface area contributed by atoms with Gasteiger partial charge in [0.05, 0.1) is 17.3 Å². The Balaban J connectivity index is 2.29. The smallest absolute Gasteiger partial charge is 0.354 e. The number of rotatable bonds is 3. The molecule has 1 N–H and O–H groups in total. The van der Waals surface area contributed by atoms with Crippen molar-refractivity contribution in [1.82, 2.24) is 14.5 Å². The van der Waals surface area contributed by atoms with E-state index in [1.54, 1.807) is 30.1 Å². The van der Waals surface area contributed by atoms with Crippen LogP contribution < -0.4 is 5.32 Å². The van der Waals surface area contributed by atoms with Gasteiger partial charge in [-0.3, -0.25) is 0 Å². The molecule has 2 heterocycles. The fraction of sp³-hybridized carbons (Fsp3) is 0.182. The van der Waals surface area contributed by atoms with Gasteiger partial charge >= 0.3 is 5.97 Å². The number of carbonyl (C=O) groups is 1. The van der Waals surface area contributed by atoms with Crippen LogP contribution in [0.2, 0.25) is 5.28 Å². The number of nitrogens with one attached hydrogen (secondary N) is 1. The standard InChI is InChI=1S/C11H10BrClN4O2/c1-17-5-6(3-8(17)10(18)19-2)15-9-7(12)4-14-11(13)16-9/h3-5H,1-2H3,(H,14,15,16). The Bertz CT molecular complexity index is 629. The predicted octanol–water partition coefficient (Wildman–Crippen LogP) is 2.76. The van der Waals surface area contributed by atoms with Crippen LogP contribution in [0.4, 0.5) is 11.5 Å². The van der Waals surface area contributed by atoms with Crippen molar-refractivity contribution in [2.45, 2.75) is 0 Å². The third kappa shape index (κ3) is 3.05. The van der Waals surface area contributed by atoms with E-state index in [9.17, 15) is 4.79 Å². The quantitative estimate of drug-likeness (QED) is 0.684. The van der Waals surface area contributed by atoms with Gasteiger partial charge in [0, 0.05) is 19.4 Å². The number of esters is 1. The van der Waals surface area contributed by atoms with Crippen LogP contribution in [0.25, 0.3) is 0 Å². The highest BCUT2D eigenvalue weighted by Crippen LogP contribution is 2.25. The average Bonchev–Trinajstić information content (AvgIpc) is 2.74. The number of anilines is 2. The lowest BCUT2D eigenvalue weighted by Crippen LogP contribution is -2.06. The number of aryl methyl sites for hydroxylation is 1. The first-order valence-electron chi connectivity index (χ1n) is 5.21. The summed E-state index contributed by atoms with van der Waals surface area (Å²) in [6.45, 7) is 0. The molecule has 2 aromatic heterocycles. The maximum Gasteiger partial charge on any atom is 0.354 e. The molecule has 0 saturated heterocycles. The van der Waals surface area contributed by atoms with E-state index >= 15 is 0 Å². The maximum absolute atomic E-state index is 11.5. The first-order valence-corrected chi connectivity index (χ1v) is 6.38. The van der Waals surface area contributed by atoms with Gasteiger partial charge < -0.3 is 14.6 Å². The van der Waals surface area contributed by atoms with Crippen molar-refractivity contribution in [2.24, 2.45) is 7.05 Å². The molecular weight excluding hydrogens is 336 g/mol. The number of halogens is 2. The van der Waals surface area contributed by atoms with Gasteiger partial charge in [-0.05, 0) is 33.6 Å². The van der Waals surface area contributed by atoms with Crippen LogP contribution in [0.15, 0.2) is 22.9 Å².